The molecule has 0 aromatic heterocycles. The molecule has 0 spiro atoms. The Morgan fingerprint density at radius 2 is 1.66 bits per heavy atom. The minimum atomic E-state index is -0.783. The number of carbonyl (C=O) groups is 2. The molecule has 0 aliphatic rings. The molecule has 2 N–H and O–H groups in total. The van der Waals surface area contributed by atoms with Gasteiger partial charge in [0.2, 0.25) is 0 Å². The molecule has 3 aromatic carbocycles. The van der Waals surface area contributed by atoms with Gasteiger partial charge in [-0.1, -0.05) is 29.8 Å². The highest BCUT2D eigenvalue weighted by atomic mass is 16.5. The third-order valence-corrected chi connectivity index (χ3v) is 5.18. The molecule has 3 rings (SSSR count). The van der Waals surface area contributed by atoms with Gasteiger partial charge in [-0.3, -0.25) is 9.59 Å². The Balaban J connectivity index is 1.53. The van der Waals surface area contributed by atoms with E-state index < -0.39 is 11.9 Å². The van der Waals surface area contributed by atoms with Crippen LogP contribution in [0.5, 0.6) is 17.2 Å². The average molecular weight is 476 g/mol. The van der Waals surface area contributed by atoms with Crippen molar-refractivity contribution in [3.63, 3.8) is 0 Å². The number of nitrogens with zero attached hydrogens (tertiary/aromatic N) is 1. The van der Waals surface area contributed by atoms with Crippen LogP contribution in [0.25, 0.3) is 0 Å². The molecular formula is C27H29N3O5. The van der Waals surface area contributed by atoms with Gasteiger partial charge < -0.3 is 19.5 Å². The molecule has 3 aromatic rings. The van der Waals surface area contributed by atoms with E-state index in [0.717, 1.165) is 5.56 Å². The molecule has 182 valence electrons. The molecule has 2 amide bonds. The second-order valence-corrected chi connectivity index (χ2v) is 7.84. The van der Waals surface area contributed by atoms with Crippen LogP contribution in [0.1, 0.15) is 34.0 Å². The summed E-state index contributed by atoms with van der Waals surface area (Å²) in [6, 6.07) is 19.3. The summed E-state index contributed by atoms with van der Waals surface area (Å²) in [5, 5.41) is 6.62. The highest BCUT2D eigenvalue weighted by molar-refractivity contribution is 5.97. The highest BCUT2D eigenvalue weighted by Crippen LogP contribution is 2.28. The van der Waals surface area contributed by atoms with Gasteiger partial charge in [-0.2, -0.15) is 5.10 Å². The van der Waals surface area contributed by atoms with Crippen LogP contribution in [0.2, 0.25) is 0 Å². The molecule has 1 unspecified atom stereocenters. The van der Waals surface area contributed by atoms with E-state index in [1.807, 2.05) is 31.2 Å². The Morgan fingerprint density at radius 1 is 0.943 bits per heavy atom. The second-order valence-electron chi connectivity index (χ2n) is 7.84. The number of carbonyl (C=O) groups excluding carboxylic acids is 2. The van der Waals surface area contributed by atoms with Crippen molar-refractivity contribution >= 4 is 18.0 Å². The van der Waals surface area contributed by atoms with Gasteiger partial charge in [0.25, 0.3) is 11.8 Å². The number of methoxy groups -OCH3 is 2. The quantitative estimate of drug-likeness (QED) is 0.343. The maximum Gasteiger partial charge on any atom is 0.262 e. The first-order chi connectivity index (χ1) is 16.9. The van der Waals surface area contributed by atoms with Crippen LogP contribution in [0.15, 0.2) is 71.8 Å². The minimum Gasteiger partial charge on any atom is -0.497 e. The van der Waals surface area contributed by atoms with Gasteiger partial charge in [-0.25, -0.2) is 5.43 Å². The standard InChI is InChI=1S/C27H29N3O5/c1-18-5-7-20(8-6-18)17-35-24-14-9-21(15-25(24)34-4)16-28-30-26(31)19(2)29-27(32)22-10-12-23(33-3)13-11-22/h5-16,19H,17H2,1-4H3,(H,29,32)(H,30,31). The van der Waals surface area contributed by atoms with Crippen LogP contribution < -0.4 is 25.0 Å². The van der Waals surface area contributed by atoms with Crippen molar-refractivity contribution in [1.82, 2.24) is 10.7 Å². The molecule has 1 atom stereocenters. The van der Waals surface area contributed by atoms with Crippen molar-refractivity contribution in [2.45, 2.75) is 26.5 Å². The first kappa shape index (κ1) is 25.3. The van der Waals surface area contributed by atoms with E-state index in [2.05, 4.69) is 15.8 Å². The average Bonchev–Trinajstić information content (AvgIpc) is 2.88. The fourth-order valence-corrected chi connectivity index (χ4v) is 3.08. The van der Waals surface area contributed by atoms with Crippen molar-refractivity contribution in [3.05, 3.63) is 89.0 Å². The summed E-state index contributed by atoms with van der Waals surface area (Å²) in [7, 11) is 3.11. The lowest BCUT2D eigenvalue weighted by atomic mass is 10.2. The summed E-state index contributed by atoms with van der Waals surface area (Å²) in [6.45, 7) is 4.03. The molecule has 0 aliphatic carbocycles. The summed E-state index contributed by atoms with van der Waals surface area (Å²) in [5.74, 6) is 0.971. The van der Waals surface area contributed by atoms with E-state index >= 15 is 0 Å². The van der Waals surface area contributed by atoms with Crippen LogP contribution in [0.3, 0.4) is 0 Å². The molecular weight excluding hydrogens is 446 g/mol. The number of aryl methyl sites for hydroxylation is 1. The van der Waals surface area contributed by atoms with Crippen LogP contribution in [-0.4, -0.2) is 38.3 Å². The zero-order chi connectivity index (χ0) is 25.2. The number of rotatable bonds is 10. The van der Waals surface area contributed by atoms with E-state index in [9.17, 15) is 9.59 Å². The number of nitrogens with one attached hydrogen (secondary N) is 2. The molecule has 0 fully saturated rings. The zero-order valence-electron chi connectivity index (χ0n) is 20.2. The van der Waals surface area contributed by atoms with Crippen LogP contribution in [0, 0.1) is 6.92 Å². The first-order valence-electron chi connectivity index (χ1n) is 11.0. The van der Waals surface area contributed by atoms with Crippen LogP contribution in [-0.2, 0) is 11.4 Å². The maximum atomic E-state index is 12.3. The van der Waals surface area contributed by atoms with Crippen molar-refractivity contribution in [2.75, 3.05) is 14.2 Å². The predicted molar refractivity (Wildman–Crippen MR) is 134 cm³/mol. The number of hydrazone groups is 1. The van der Waals surface area contributed by atoms with E-state index in [-0.39, 0.29) is 5.91 Å². The van der Waals surface area contributed by atoms with Gasteiger partial charge in [0, 0.05) is 5.56 Å². The minimum absolute atomic E-state index is 0.370. The summed E-state index contributed by atoms with van der Waals surface area (Å²) in [5.41, 5.74) is 5.81. The molecule has 8 heteroatoms. The molecule has 0 bridgehead atoms. The van der Waals surface area contributed by atoms with Gasteiger partial charge in [0.15, 0.2) is 11.5 Å². The van der Waals surface area contributed by atoms with Crippen LogP contribution >= 0.6 is 0 Å². The lowest BCUT2D eigenvalue weighted by Crippen LogP contribution is -2.43. The molecule has 8 nitrogen and oxygen atoms in total. The van der Waals surface area contributed by atoms with Crippen LogP contribution in [0.4, 0.5) is 0 Å². The molecule has 35 heavy (non-hydrogen) atoms. The monoisotopic (exact) mass is 475 g/mol. The van der Waals surface area contributed by atoms with Gasteiger partial charge in [-0.15, -0.1) is 0 Å². The summed E-state index contributed by atoms with van der Waals surface area (Å²) in [6.07, 6.45) is 1.49. The van der Waals surface area contributed by atoms with Gasteiger partial charge in [0.05, 0.1) is 20.4 Å². The number of ether oxygens (including phenoxy) is 3. The lowest BCUT2D eigenvalue weighted by Gasteiger charge is -2.13. The van der Waals surface area contributed by atoms with Gasteiger partial charge >= 0.3 is 0 Å². The van der Waals surface area contributed by atoms with E-state index in [1.54, 1.807) is 63.6 Å². The fraction of sp³-hybridized carbons (Fsp3) is 0.222. The first-order valence-corrected chi connectivity index (χ1v) is 11.0. The summed E-state index contributed by atoms with van der Waals surface area (Å²) < 4.78 is 16.4. The van der Waals surface area contributed by atoms with Gasteiger partial charge in [0.1, 0.15) is 18.4 Å². The Kier molecular flexibility index (Phi) is 8.83. The molecule has 0 radical (unpaired) electrons. The largest absolute Gasteiger partial charge is 0.497 e. The molecule has 0 heterocycles. The maximum absolute atomic E-state index is 12.3. The van der Waals surface area contributed by atoms with E-state index in [0.29, 0.717) is 35.0 Å². The summed E-state index contributed by atoms with van der Waals surface area (Å²) >= 11 is 0. The Morgan fingerprint density at radius 3 is 2.31 bits per heavy atom. The number of hydrogen-bond donors (Lipinski definition) is 2. The number of hydrogen-bond acceptors (Lipinski definition) is 6. The zero-order valence-corrected chi connectivity index (χ0v) is 20.2. The normalized spacial score (nSPS) is 11.5. The molecule has 0 saturated heterocycles. The Bertz CT molecular complexity index is 1170. The third-order valence-electron chi connectivity index (χ3n) is 5.18. The third kappa shape index (κ3) is 7.33. The summed E-state index contributed by atoms with van der Waals surface area (Å²) in [4.78, 5) is 24.6. The Hall–Kier alpha value is -4.33. The topological polar surface area (TPSA) is 98.2 Å². The predicted octanol–water partition coefficient (Wildman–Crippen LogP) is 3.86. The van der Waals surface area contributed by atoms with Crippen molar-refractivity contribution in [2.24, 2.45) is 5.10 Å². The smallest absolute Gasteiger partial charge is 0.262 e. The fourth-order valence-electron chi connectivity index (χ4n) is 3.08. The van der Waals surface area contributed by atoms with Crippen molar-refractivity contribution < 1.29 is 23.8 Å². The SMILES string of the molecule is COc1ccc(C(=O)NC(C)C(=O)NN=Cc2ccc(OCc3ccc(C)cc3)c(OC)c2)cc1. The van der Waals surface area contributed by atoms with E-state index in [1.165, 1.54) is 11.8 Å². The van der Waals surface area contributed by atoms with E-state index in [4.69, 9.17) is 14.2 Å². The second kappa shape index (κ2) is 12.2. The van der Waals surface area contributed by atoms with Gasteiger partial charge in [-0.05, 0) is 67.4 Å². The number of benzene rings is 3. The molecule has 0 aliphatic heterocycles. The van der Waals surface area contributed by atoms with Crippen molar-refractivity contribution in [1.29, 1.82) is 0 Å². The van der Waals surface area contributed by atoms with Crippen molar-refractivity contribution in [3.8, 4) is 17.2 Å². The highest BCUT2D eigenvalue weighted by Gasteiger charge is 2.16. The number of amides is 2. The lowest BCUT2D eigenvalue weighted by molar-refractivity contribution is -0.122. The molecule has 0 saturated carbocycles. The Labute approximate surface area is 204 Å².